The molecule has 106 valence electrons. The van der Waals surface area contributed by atoms with Gasteiger partial charge in [0.1, 0.15) is 12.4 Å². The van der Waals surface area contributed by atoms with Crippen LogP contribution in [-0.2, 0) is 0 Å². The normalized spacial score (nSPS) is 20.0. The third-order valence-corrected chi connectivity index (χ3v) is 3.94. The molecule has 0 spiro atoms. The van der Waals surface area contributed by atoms with Gasteiger partial charge in [-0.1, -0.05) is 30.9 Å². The second-order valence-electron chi connectivity index (χ2n) is 5.43. The van der Waals surface area contributed by atoms with Crippen molar-refractivity contribution in [2.24, 2.45) is 0 Å². The maximum Gasteiger partial charge on any atom is 0.125 e. The Morgan fingerprint density at radius 1 is 1.32 bits per heavy atom. The van der Waals surface area contributed by atoms with Crippen LogP contribution in [0.3, 0.4) is 0 Å². The molecule has 1 saturated carbocycles. The van der Waals surface area contributed by atoms with Gasteiger partial charge in [0.05, 0.1) is 11.7 Å². The molecule has 1 aliphatic carbocycles. The van der Waals surface area contributed by atoms with Crippen LogP contribution in [0, 0.1) is 0 Å². The van der Waals surface area contributed by atoms with Gasteiger partial charge < -0.3 is 14.9 Å². The van der Waals surface area contributed by atoms with Gasteiger partial charge in [-0.15, -0.1) is 0 Å². The number of rotatable bonds is 4. The number of halogens is 1. The van der Waals surface area contributed by atoms with Crippen LogP contribution in [0.4, 0.5) is 0 Å². The summed E-state index contributed by atoms with van der Waals surface area (Å²) in [6.07, 6.45) is 4.19. The third kappa shape index (κ3) is 3.85. The minimum Gasteiger partial charge on any atom is -0.490 e. The van der Waals surface area contributed by atoms with Crippen molar-refractivity contribution in [1.29, 1.82) is 0 Å². The fraction of sp³-hybridized carbons (Fsp3) is 0.600. The molecule has 2 N–H and O–H groups in total. The Morgan fingerprint density at radius 2 is 2.00 bits per heavy atom. The SMILES string of the molecule is C[C@@H](O)c1cc(Cl)ccc1OCC1(O)CCCCC1. The van der Waals surface area contributed by atoms with Gasteiger partial charge in [0.15, 0.2) is 0 Å². The van der Waals surface area contributed by atoms with Gasteiger partial charge in [-0.3, -0.25) is 0 Å². The number of ether oxygens (including phenoxy) is 1. The molecule has 4 heteroatoms. The van der Waals surface area contributed by atoms with Gasteiger partial charge in [-0.25, -0.2) is 0 Å². The van der Waals surface area contributed by atoms with Crippen molar-refractivity contribution in [2.45, 2.75) is 50.7 Å². The van der Waals surface area contributed by atoms with Gasteiger partial charge in [0, 0.05) is 10.6 Å². The van der Waals surface area contributed by atoms with Crippen LogP contribution in [0.25, 0.3) is 0 Å². The van der Waals surface area contributed by atoms with Crippen molar-refractivity contribution in [2.75, 3.05) is 6.61 Å². The van der Waals surface area contributed by atoms with E-state index in [0.717, 1.165) is 25.7 Å². The predicted molar refractivity (Wildman–Crippen MR) is 75.6 cm³/mol. The Bertz CT molecular complexity index is 425. The molecule has 1 aliphatic rings. The number of benzene rings is 1. The molecule has 0 radical (unpaired) electrons. The maximum atomic E-state index is 10.4. The highest BCUT2D eigenvalue weighted by molar-refractivity contribution is 6.30. The number of aliphatic hydroxyl groups is 2. The maximum absolute atomic E-state index is 10.4. The molecule has 0 saturated heterocycles. The lowest BCUT2D eigenvalue weighted by Crippen LogP contribution is -2.38. The van der Waals surface area contributed by atoms with E-state index in [9.17, 15) is 10.2 Å². The van der Waals surface area contributed by atoms with Gasteiger partial charge in [-0.2, -0.15) is 0 Å². The van der Waals surface area contributed by atoms with Crippen LogP contribution in [0.2, 0.25) is 5.02 Å². The summed E-state index contributed by atoms with van der Waals surface area (Å²) in [6, 6.07) is 5.18. The molecule has 1 atom stereocenters. The Hall–Kier alpha value is -0.770. The molecule has 19 heavy (non-hydrogen) atoms. The molecule has 0 aliphatic heterocycles. The van der Waals surface area contributed by atoms with E-state index < -0.39 is 11.7 Å². The predicted octanol–water partition coefficient (Wildman–Crippen LogP) is 3.47. The monoisotopic (exact) mass is 284 g/mol. The van der Waals surface area contributed by atoms with Gasteiger partial charge in [-0.05, 0) is 38.0 Å². The summed E-state index contributed by atoms with van der Waals surface area (Å²) in [7, 11) is 0. The summed E-state index contributed by atoms with van der Waals surface area (Å²) in [6.45, 7) is 1.95. The number of hydrogen-bond donors (Lipinski definition) is 2. The topological polar surface area (TPSA) is 49.7 Å². The van der Waals surface area contributed by atoms with Gasteiger partial charge >= 0.3 is 0 Å². The lowest BCUT2D eigenvalue weighted by Gasteiger charge is -2.32. The van der Waals surface area contributed by atoms with E-state index in [1.54, 1.807) is 25.1 Å². The average Bonchev–Trinajstić information content (AvgIpc) is 2.38. The molecule has 1 fully saturated rings. The first-order valence-corrected chi connectivity index (χ1v) is 7.21. The van der Waals surface area contributed by atoms with Crippen LogP contribution in [0.5, 0.6) is 5.75 Å². The molecular formula is C15H21ClO3. The first kappa shape index (κ1) is 14.6. The highest BCUT2D eigenvalue weighted by Gasteiger charge is 2.30. The summed E-state index contributed by atoms with van der Waals surface area (Å²) in [5.41, 5.74) is -0.0691. The second-order valence-corrected chi connectivity index (χ2v) is 5.87. The van der Waals surface area contributed by atoms with Crippen LogP contribution < -0.4 is 4.74 Å². The highest BCUT2D eigenvalue weighted by atomic mass is 35.5. The average molecular weight is 285 g/mol. The molecular weight excluding hydrogens is 264 g/mol. The Morgan fingerprint density at radius 3 is 2.63 bits per heavy atom. The van der Waals surface area contributed by atoms with E-state index in [2.05, 4.69) is 0 Å². The van der Waals surface area contributed by atoms with Crippen molar-refractivity contribution in [3.05, 3.63) is 28.8 Å². The minimum atomic E-state index is -0.728. The number of aliphatic hydroxyl groups excluding tert-OH is 1. The molecule has 0 heterocycles. The molecule has 1 aromatic carbocycles. The summed E-state index contributed by atoms with van der Waals surface area (Å²) in [4.78, 5) is 0. The highest BCUT2D eigenvalue weighted by Crippen LogP contribution is 2.32. The van der Waals surface area contributed by atoms with Crippen LogP contribution >= 0.6 is 11.6 Å². The first-order valence-electron chi connectivity index (χ1n) is 6.83. The van der Waals surface area contributed by atoms with Gasteiger partial charge in [0.2, 0.25) is 0 Å². The summed E-state index contributed by atoms with van der Waals surface area (Å²) < 4.78 is 5.73. The molecule has 0 amide bonds. The fourth-order valence-corrected chi connectivity index (χ4v) is 2.72. The van der Waals surface area contributed by atoms with Crippen molar-refractivity contribution in [3.8, 4) is 5.75 Å². The zero-order chi connectivity index (χ0) is 13.9. The van der Waals surface area contributed by atoms with E-state index in [1.165, 1.54) is 6.42 Å². The Balaban J connectivity index is 2.06. The summed E-state index contributed by atoms with van der Waals surface area (Å²) in [5, 5.41) is 20.7. The van der Waals surface area contributed by atoms with E-state index in [0.29, 0.717) is 16.3 Å². The van der Waals surface area contributed by atoms with E-state index in [4.69, 9.17) is 16.3 Å². The summed E-state index contributed by atoms with van der Waals surface area (Å²) >= 11 is 5.92. The Labute approximate surface area is 119 Å². The fourth-order valence-electron chi connectivity index (χ4n) is 2.54. The van der Waals surface area contributed by atoms with Crippen molar-refractivity contribution < 1.29 is 14.9 Å². The van der Waals surface area contributed by atoms with E-state index in [-0.39, 0.29) is 6.61 Å². The lowest BCUT2D eigenvalue weighted by atomic mass is 9.85. The zero-order valence-corrected chi connectivity index (χ0v) is 12.0. The minimum absolute atomic E-state index is 0.272. The quantitative estimate of drug-likeness (QED) is 0.890. The second kappa shape index (κ2) is 6.12. The molecule has 1 aromatic rings. The molecule has 0 aromatic heterocycles. The van der Waals surface area contributed by atoms with E-state index in [1.807, 2.05) is 0 Å². The van der Waals surface area contributed by atoms with E-state index >= 15 is 0 Å². The van der Waals surface area contributed by atoms with Crippen LogP contribution in [-0.4, -0.2) is 22.4 Å². The van der Waals surface area contributed by atoms with Crippen LogP contribution in [0.15, 0.2) is 18.2 Å². The largest absolute Gasteiger partial charge is 0.490 e. The first-order chi connectivity index (χ1) is 9.00. The van der Waals surface area contributed by atoms with Crippen molar-refractivity contribution in [1.82, 2.24) is 0 Å². The zero-order valence-electron chi connectivity index (χ0n) is 11.2. The Kier molecular flexibility index (Phi) is 4.71. The smallest absolute Gasteiger partial charge is 0.125 e. The lowest BCUT2D eigenvalue weighted by molar-refractivity contribution is -0.0345. The summed E-state index contributed by atoms with van der Waals surface area (Å²) in [5.74, 6) is 0.596. The van der Waals surface area contributed by atoms with Gasteiger partial charge in [0.25, 0.3) is 0 Å². The number of hydrogen-bond acceptors (Lipinski definition) is 3. The van der Waals surface area contributed by atoms with Crippen molar-refractivity contribution in [3.63, 3.8) is 0 Å². The molecule has 2 rings (SSSR count). The molecule has 0 unspecified atom stereocenters. The van der Waals surface area contributed by atoms with Crippen LogP contribution in [0.1, 0.15) is 50.7 Å². The van der Waals surface area contributed by atoms with Crippen molar-refractivity contribution >= 4 is 11.6 Å². The third-order valence-electron chi connectivity index (χ3n) is 3.70. The standard InChI is InChI=1S/C15H21ClO3/c1-11(17)13-9-12(16)5-6-14(13)19-10-15(18)7-3-2-4-8-15/h5-6,9,11,17-18H,2-4,7-8,10H2,1H3/t11-/m1/s1. The molecule has 3 nitrogen and oxygen atoms in total. The molecule has 0 bridgehead atoms.